The smallest absolute Gasteiger partial charge is 0.323 e. The molecule has 3 N–H and O–H groups in total. The zero-order chi connectivity index (χ0) is 16.7. The molecule has 6 nitrogen and oxygen atoms in total. The fourth-order valence-electron chi connectivity index (χ4n) is 1.95. The number of carbonyl (C=O) groups is 2. The Labute approximate surface area is 135 Å². The average molecular weight is 312 g/mol. The van der Waals surface area contributed by atoms with Crippen LogP contribution in [0.1, 0.15) is 20.3 Å². The lowest BCUT2D eigenvalue weighted by atomic mass is 10.1. The van der Waals surface area contributed by atoms with E-state index in [9.17, 15) is 9.59 Å². The van der Waals surface area contributed by atoms with E-state index in [2.05, 4.69) is 20.9 Å². The fraction of sp³-hybridized carbons (Fsp3) is 0.235. The Morgan fingerprint density at radius 3 is 2.13 bits per heavy atom. The van der Waals surface area contributed by atoms with Gasteiger partial charge in [0.2, 0.25) is 5.91 Å². The Balaban J connectivity index is 1.87. The van der Waals surface area contributed by atoms with Crippen molar-refractivity contribution in [3.63, 3.8) is 0 Å². The van der Waals surface area contributed by atoms with Gasteiger partial charge in [0.15, 0.2) is 0 Å². The first kappa shape index (κ1) is 16.5. The molecule has 3 amide bonds. The van der Waals surface area contributed by atoms with Gasteiger partial charge in [0, 0.05) is 24.0 Å². The van der Waals surface area contributed by atoms with Gasteiger partial charge in [-0.1, -0.05) is 13.8 Å². The predicted molar refractivity (Wildman–Crippen MR) is 91.4 cm³/mol. The Morgan fingerprint density at radius 1 is 0.957 bits per heavy atom. The third-order valence-electron chi connectivity index (χ3n) is 2.94. The number of carbonyl (C=O) groups excluding carboxylic acids is 2. The number of hydrogen-bond donors (Lipinski definition) is 3. The number of rotatable bonds is 5. The summed E-state index contributed by atoms with van der Waals surface area (Å²) in [6, 6.07) is 10.1. The number of amides is 3. The molecule has 0 saturated carbocycles. The molecule has 0 atom stereocenters. The van der Waals surface area contributed by atoms with Gasteiger partial charge in [0.05, 0.1) is 11.9 Å². The van der Waals surface area contributed by atoms with Crippen LogP contribution in [-0.2, 0) is 4.79 Å². The maximum absolute atomic E-state index is 11.8. The van der Waals surface area contributed by atoms with Crippen LogP contribution in [0.3, 0.4) is 0 Å². The van der Waals surface area contributed by atoms with Crippen molar-refractivity contribution in [1.29, 1.82) is 0 Å². The van der Waals surface area contributed by atoms with Gasteiger partial charge in [-0.05, 0) is 42.3 Å². The van der Waals surface area contributed by atoms with E-state index < -0.39 is 0 Å². The van der Waals surface area contributed by atoms with Crippen molar-refractivity contribution in [2.24, 2.45) is 5.92 Å². The molecular weight excluding hydrogens is 292 g/mol. The van der Waals surface area contributed by atoms with Gasteiger partial charge in [-0.15, -0.1) is 0 Å². The average Bonchev–Trinajstić information content (AvgIpc) is 2.49. The predicted octanol–water partition coefficient (Wildman–Crippen LogP) is 3.71. The summed E-state index contributed by atoms with van der Waals surface area (Å²) in [5.74, 6) is 0.294. The molecule has 0 aliphatic heterocycles. The molecule has 1 heterocycles. The van der Waals surface area contributed by atoms with Crippen LogP contribution in [0.2, 0.25) is 0 Å². The van der Waals surface area contributed by atoms with E-state index in [-0.39, 0.29) is 11.9 Å². The number of aromatic nitrogens is 1. The molecule has 1 aromatic heterocycles. The van der Waals surface area contributed by atoms with Crippen molar-refractivity contribution >= 4 is 29.0 Å². The standard InChI is InChI=1S/C17H20N4O2/c1-12(2)10-16(22)19-13-5-7-14(8-6-13)20-17(23)21-15-4-3-9-18-11-15/h3-9,11-12H,10H2,1-2H3,(H,19,22)(H2,20,21,23). The largest absolute Gasteiger partial charge is 0.326 e. The van der Waals surface area contributed by atoms with Gasteiger partial charge in [-0.25, -0.2) is 4.79 Å². The topological polar surface area (TPSA) is 83.1 Å². The molecule has 23 heavy (non-hydrogen) atoms. The highest BCUT2D eigenvalue weighted by Gasteiger charge is 2.06. The van der Waals surface area contributed by atoms with Crippen LogP contribution in [0.4, 0.5) is 21.9 Å². The number of pyridine rings is 1. The van der Waals surface area contributed by atoms with E-state index in [1.54, 1.807) is 48.8 Å². The summed E-state index contributed by atoms with van der Waals surface area (Å²) in [7, 11) is 0. The van der Waals surface area contributed by atoms with Crippen LogP contribution in [0.15, 0.2) is 48.8 Å². The lowest BCUT2D eigenvalue weighted by molar-refractivity contribution is -0.116. The zero-order valence-corrected chi connectivity index (χ0v) is 13.2. The summed E-state index contributed by atoms with van der Waals surface area (Å²) < 4.78 is 0. The number of nitrogens with one attached hydrogen (secondary N) is 3. The molecule has 1 aromatic carbocycles. The second kappa shape index (κ2) is 7.93. The van der Waals surface area contributed by atoms with E-state index in [0.717, 1.165) is 0 Å². The van der Waals surface area contributed by atoms with Gasteiger partial charge < -0.3 is 16.0 Å². The zero-order valence-electron chi connectivity index (χ0n) is 13.2. The van der Waals surface area contributed by atoms with Gasteiger partial charge in [-0.3, -0.25) is 9.78 Å². The van der Waals surface area contributed by atoms with Crippen molar-refractivity contribution < 1.29 is 9.59 Å². The summed E-state index contributed by atoms with van der Waals surface area (Å²) in [4.78, 5) is 27.5. The molecule has 2 aromatic rings. The van der Waals surface area contributed by atoms with Crippen LogP contribution < -0.4 is 16.0 Å². The monoisotopic (exact) mass is 312 g/mol. The van der Waals surface area contributed by atoms with Gasteiger partial charge in [0.25, 0.3) is 0 Å². The molecule has 0 saturated heterocycles. The minimum Gasteiger partial charge on any atom is -0.326 e. The van der Waals surface area contributed by atoms with Gasteiger partial charge in [-0.2, -0.15) is 0 Å². The molecule has 0 aliphatic rings. The van der Waals surface area contributed by atoms with E-state index in [1.165, 1.54) is 0 Å². The minimum atomic E-state index is -0.352. The van der Waals surface area contributed by atoms with Crippen LogP contribution in [0.5, 0.6) is 0 Å². The van der Waals surface area contributed by atoms with Crippen molar-refractivity contribution in [3.8, 4) is 0 Å². The van der Waals surface area contributed by atoms with E-state index >= 15 is 0 Å². The normalized spacial score (nSPS) is 10.2. The summed E-state index contributed by atoms with van der Waals surface area (Å²) >= 11 is 0. The Morgan fingerprint density at radius 2 is 1.57 bits per heavy atom. The number of nitrogens with zero attached hydrogens (tertiary/aromatic N) is 1. The molecule has 0 aliphatic carbocycles. The summed E-state index contributed by atoms with van der Waals surface area (Å²) in [5, 5.41) is 8.21. The van der Waals surface area contributed by atoms with E-state index in [0.29, 0.717) is 29.4 Å². The quantitative estimate of drug-likeness (QED) is 0.787. The maximum atomic E-state index is 11.8. The number of benzene rings is 1. The lowest BCUT2D eigenvalue weighted by Crippen LogP contribution is -2.19. The Kier molecular flexibility index (Phi) is 5.68. The van der Waals surface area contributed by atoms with Gasteiger partial charge >= 0.3 is 6.03 Å². The highest BCUT2D eigenvalue weighted by atomic mass is 16.2. The summed E-state index contributed by atoms with van der Waals surface area (Å²) in [6.07, 6.45) is 3.68. The third kappa shape index (κ3) is 5.78. The van der Waals surface area contributed by atoms with Crippen molar-refractivity contribution in [2.45, 2.75) is 20.3 Å². The first-order valence-corrected chi connectivity index (χ1v) is 7.41. The number of anilines is 3. The number of hydrogen-bond acceptors (Lipinski definition) is 3. The van der Waals surface area contributed by atoms with Crippen LogP contribution in [0, 0.1) is 5.92 Å². The second-order valence-electron chi connectivity index (χ2n) is 5.54. The van der Waals surface area contributed by atoms with Crippen molar-refractivity contribution in [1.82, 2.24) is 4.98 Å². The molecule has 0 radical (unpaired) electrons. The molecule has 0 spiro atoms. The van der Waals surface area contributed by atoms with Gasteiger partial charge in [0.1, 0.15) is 0 Å². The molecule has 120 valence electrons. The summed E-state index contributed by atoms with van der Waals surface area (Å²) in [6.45, 7) is 3.99. The first-order valence-electron chi connectivity index (χ1n) is 7.41. The Hall–Kier alpha value is -2.89. The van der Waals surface area contributed by atoms with Crippen LogP contribution >= 0.6 is 0 Å². The fourth-order valence-corrected chi connectivity index (χ4v) is 1.95. The Bertz CT molecular complexity index is 654. The van der Waals surface area contributed by atoms with Crippen molar-refractivity contribution in [2.75, 3.05) is 16.0 Å². The molecule has 0 unspecified atom stereocenters. The van der Waals surface area contributed by atoms with Crippen LogP contribution in [-0.4, -0.2) is 16.9 Å². The molecule has 2 rings (SSSR count). The van der Waals surface area contributed by atoms with E-state index in [4.69, 9.17) is 0 Å². The molecular formula is C17H20N4O2. The number of urea groups is 1. The second-order valence-corrected chi connectivity index (χ2v) is 5.54. The van der Waals surface area contributed by atoms with Crippen molar-refractivity contribution in [3.05, 3.63) is 48.8 Å². The third-order valence-corrected chi connectivity index (χ3v) is 2.94. The molecule has 6 heteroatoms. The SMILES string of the molecule is CC(C)CC(=O)Nc1ccc(NC(=O)Nc2cccnc2)cc1. The maximum Gasteiger partial charge on any atom is 0.323 e. The van der Waals surface area contributed by atoms with E-state index in [1.807, 2.05) is 13.8 Å². The highest BCUT2D eigenvalue weighted by molar-refractivity contribution is 5.99. The molecule has 0 bridgehead atoms. The van der Waals surface area contributed by atoms with Crippen LogP contribution in [0.25, 0.3) is 0 Å². The molecule has 0 fully saturated rings. The minimum absolute atomic E-state index is 0.0185. The highest BCUT2D eigenvalue weighted by Crippen LogP contribution is 2.15. The first-order chi connectivity index (χ1) is 11.0. The lowest BCUT2D eigenvalue weighted by Gasteiger charge is -2.09. The summed E-state index contributed by atoms with van der Waals surface area (Å²) in [5.41, 5.74) is 1.95.